The Bertz CT molecular complexity index is 1160. The minimum atomic E-state index is -4.45. The molecule has 0 unspecified atom stereocenters. The summed E-state index contributed by atoms with van der Waals surface area (Å²) < 4.78 is 49.4. The number of furan rings is 1. The summed E-state index contributed by atoms with van der Waals surface area (Å²) in [6, 6.07) is 14.5. The van der Waals surface area contributed by atoms with Crippen molar-refractivity contribution >= 4 is 29.5 Å². The van der Waals surface area contributed by atoms with E-state index in [2.05, 4.69) is 4.99 Å². The van der Waals surface area contributed by atoms with Gasteiger partial charge in [-0.15, -0.1) is 0 Å². The number of esters is 1. The maximum absolute atomic E-state index is 12.9. The fourth-order valence-corrected chi connectivity index (χ4v) is 2.91. The molecule has 1 aliphatic heterocycles. The molecule has 0 N–H and O–H groups in total. The van der Waals surface area contributed by atoms with Gasteiger partial charge in [-0.1, -0.05) is 29.8 Å². The summed E-state index contributed by atoms with van der Waals surface area (Å²) in [5, 5.41) is 0.468. The highest BCUT2D eigenvalue weighted by Gasteiger charge is 2.30. The number of halogens is 4. The van der Waals surface area contributed by atoms with Crippen molar-refractivity contribution in [2.45, 2.75) is 6.18 Å². The van der Waals surface area contributed by atoms with E-state index >= 15 is 0 Å². The molecule has 8 heteroatoms. The zero-order valence-corrected chi connectivity index (χ0v) is 15.3. The first-order valence-corrected chi connectivity index (χ1v) is 8.73. The molecular formula is C21H11ClF3NO3. The zero-order chi connectivity index (χ0) is 20.6. The third-order valence-corrected chi connectivity index (χ3v) is 4.31. The normalized spacial score (nSPS) is 15.5. The number of hydrogen-bond donors (Lipinski definition) is 0. The van der Waals surface area contributed by atoms with Crippen molar-refractivity contribution in [2.75, 3.05) is 0 Å². The van der Waals surface area contributed by atoms with Crippen LogP contribution in [0.1, 0.15) is 16.9 Å². The fraction of sp³-hybridized carbons (Fsp3) is 0.0476. The van der Waals surface area contributed by atoms with Gasteiger partial charge in [0.25, 0.3) is 0 Å². The topological polar surface area (TPSA) is 51.8 Å². The van der Waals surface area contributed by atoms with Crippen LogP contribution in [0.2, 0.25) is 5.02 Å². The van der Waals surface area contributed by atoms with Gasteiger partial charge in [0.1, 0.15) is 11.5 Å². The second-order valence-corrected chi connectivity index (χ2v) is 6.56. The van der Waals surface area contributed by atoms with Gasteiger partial charge < -0.3 is 9.15 Å². The van der Waals surface area contributed by atoms with Gasteiger partial charge in [-0.3, -0.25) is 0 Å². The zero-order valence-electron chi connectivity index (χ0n) is 14.5. The smallest absolute Gasteiger partial charge is 0.416 e. The molecule has 3 aromatic rings. The van der Waals surface area contributed by atoms with Gasteiger partial charge in [0.2, 0.25) is 5.90 Å². The fourth-order valence-electron chi connectivity index (χ4n) is 2.72. The molecule has 29 heavy (non-hydrogen) atoms. The number of nitrogens with zero attached hydrogens (tertiary/aromatic N) is 1. The van der Waals surface area contributed by atoms with Crippen molar-refractivity contribution in [1.29, 1.82) is 0 Å². The highest BCUT2D eigenvalue weighted by Crippen LogP contribution is 2.33. The van der Waals surface area contributed by atoms with Gasteiger partial charge in [0.05, 0.1) is 5.56 Å². The first kappa shape index (κ1) is 19.0. The molecule has 0 saturated carbocycles. The van der Waals surface area contributed by atoms with E-state index in [1.54, 1.807) is 24.3 Å². The van der Waals surface area contributed by atoms with Gasteiger partial charge in [0.15, 0.2) is 5.70 Å². The van der Waals surface area contributed by atoms with E-state index in [0.717, 1.165) is 12.1 Å². The van der Waals surface area contributed by atoms with Gasteiger partial charge in [-0.2, -0.15) is 13.2 Å². The molecular weight excluding hydrogens is 407 g/mol. The predicted molar refractivity (Wildman–Crippen MR) is 101 cm³/mol. The van der Waals surface area contributed by atoms with Gasteiger partial charge in [-0.05, 0) is 42.5 Å². The van der Waals surface area contributed by atoms with Crippen LogP contribution in [-0.4, -0.2) is 11.9 Å². The molecule has 4 nitrogen and oxygen atoms in total. The van der Waals surface area contributed by atoms with Crippen molar-refractivity contribution in [3.05, 3.63) is 88.3 Å². The summed E-state index contributed by atoms with van der Waals surface area (Å²) in [6.45, 7) is 0. The van der Waals surface area contributed by atoms with Crippen LogP contribution in [0.15, 0.2) is 75.8 Å². The first-order chi connectivity index (χ1) is 13.8. The molecule has 0 spiro atoms. The Labute approximate surface area is 167 Å². The maximum Gasteiger partial charge on any atom is 0.416 e. The number of carbonyl (C=O) groups is 1. The lowest BCUT2D eigenvalue weighted by atomic mass is 10.1. The summed E-state index contributed by atoms with van der Waals surface area (Å²) in [6.07, 6.45) is -3.09. The molecule has 1 aliphatic rings. The quantitative estimate of drug-likeness (QED) is 0.390. The molecule has 2 aromatic carbocycles. The van der Waals surface area contributed by atoms with Crippen LogP contribution in [0, 0.1) is 0 Å². The van der Waals surface area contributed by atoms with Crippen LogP contribution in [0.4, 0.5) is 13.2 Å². The monoisotopic (exact) mass is 417 g/mol. The number of carbonyl (C=O) groups excluding carboxylic acids is 1. The molecule has 0 radical (unpaired) electrons. The number of aliphatic imine (C=N–C) groups is 1. The number of benzene rings is 2. The average Bonchev–Trinajstić information content (AvgIpc) is 3.29. The number of rotatable bonds is 3. The van der Waals surface area contributed by atoms with Crippen LogP contribution in [0.25, 0.3) is 17.4 Å². The lowest BCUT2D eigenvalue weighted by Gasteiger charge is -2.07. The van der Waals surface area contributed by atoms with Crippen molar-refractivity contribution in [3.63, 3.8) is 0 Å². The summed E-state index contributed by atoms with van der Waals surface area (Å²) in [7, 11) is 0. The van der Waals surface area contributed by atoms with Crippen molar-refractivity contribution < 1.29 is 27.1 Å². The number of ether oxygens (including phenoxy) is 1. The Balaban J connectivity index is 1.62. The van der Waals surface area contributed by atoms with Crippen LogP contribution < -0.4 is 0 Å². The largest absolute Gasteiger partial charge is 0.457 e. The lowest BCUT2D eigenvalue weighted by Crippen LogP contribution is -2.05. The Morgan fingerprint density at radius 3 is 2.48 bits per heavy atom. The molecule has 2 heterocycles. The van der Waals surface area contributed by atoms with Crippen LogP contribution >= 0.6 is 11.6 Å². The summed E-state index contributed by atoms with van der Waals surface area (Å²) >= 11 is 5.93. The third-order valence-electron chi connectivity index (χ3n) is 4.07. The van der Waals surface area contributed by atoms with E-state index in [-0.39, 0.29) is 28.7 Å². The average molecular weight is 418 g/mol. The summed E-state index contributed by atoms with van der Waals surface area (Å²) in [4.78, 5) is 16.2. The predicted octanol–water partition coefficient (Wildman–Crippen LogP) is 5.96. The van der Waals surface area contributed by atoms with Crippen LogP contribution in [-0.2, 0) is 15.7 Å². The maximum atomic E-state index is 12.9. The molecule has 0 atom stereocenters. The lowest BCUT2D eigenvalue weighted by molar-refractivity contribution is -0.137. The first-order valence-electron chi connectivity index (χ1n) is 8.35. The number of cyclic esters (lactones) is 1. The molecule has 4 rings (SSSR count). The van der Waals surface area contributed by atoms with E-state index in [1.165, 1.54) is 30.3 Å². The summed E-state index contributed by atoms with van der Waals surface area (Å²) in [5.41, 5.74) is 0.0336. The van der Waals surface area contributed by atoms with Crippen molar-refractivity contribution in [1.82, 2.24) is 0 Å². The minimum absolute atomic E-state index is 0.00455. The van der Waals surface area contributed by atoms with E-state index in [9.17, 15) is 18.0 Å². The van der Waals surface area contributed by atoms with E-state index in [0.29, 0.717) is 10.6 Å². The molecule has 0 amide bonds. The Hall–Kier alpha value is -3.32. The standard InChI is InChI=1S/C21H11ClF3NO3/c22-15-6-2-4-13(10-15)19-26-17(20(27)29-19)11-16-7-8-18(28-16)12-3-1-5-14(9-12)21(23,24)25/h1-11H/b17-11-. The summed E-state index contributed by atoms with van der Waals surface area (Å²) in [5.74, 6) is -0.0841. The van der Waals surface area contributed by atoms with Gasteiger partial charge in [-0.25, -0.2) is 9.79 Å². The van der Waals surface area contributed by atoms with Crippen LogP contribution in [0.5, 0.6) is 0 Å². The number of alkyl halides is 3. The highest BCUT2D eigenvalue weighted by atomic mass is 35.5. The van der Waals surface area contributed by atoms with Crippen LogP contribution in [0.3, 0.4) is 0 Å². The van der Waals surface area contributed by atoms with Crippen molar-refractivity contribution in [2.24, 2.45) is 4.99 Å². The van der Waals surface area contributed by atoms with E-state index in [1.807, 2.05) is 0 Å². The van der Waals surface area contributed by atoms with E-state index < -0.39 is 17.7 Å². The molecule has 1 aromatic heterocycles. The third kappa shape index (κ3) is 4.09. The minimum Gasteiger partial charge on any atom is -0.457 e. The van der Waals surface area contributed by atoms with Gasteiger partial charge in [0, 0.05) is 22.2 Å². The Kier molecular flexibility index (Phi) is 4.76. The second-order valence-electron chi connectivity index (χ2n) is 6.13. The van der Waals surface area contributed by atoms with Crippen molar-refractivity contribution in [3.8, 4) is 11.3 Å². The molecule has 0 saturated heterocycles. The Morgan fingerprint density at radius 1 is 0.966 bits per heavy atom. The molecule has 0 fully saturated rings. The molecule has 0 bridgehead atoms. The van der Waals surface area contributed by atoms with Gasteiger partial charge >= 0.3 is 12.1 Å². The van der Waals surface area contributed by atoms with E-state index in [4.69, 9.17) is 20.8 Å². The SMILES string of the molecule is O=C1OC(c2cccc(Cl)c2)=N/C1=C\c1ccc(-c2cccc(C(F)(F)F)c2)o1. The second kappa shape index (κ2) is 7.25. The Morgan fingerprint density at radius 2 is 1.72 bits per heavy atom. The number of hydrogen-bond acceptors (Lipinski definition) is 4. The molecule has 146 valence electrons. The highest BCUT2D eigenvalue weighted by molar-refractivity contribution is 6.31. The molecule has 0 aliphatic carbocycles.